The van der Waals surface area contributed by atoms with E-state index in [0.29, 0.717) is 0 Å². The second-order valence-electron chi connectivity index (χ2n) is 0.781. The fourth-order valence-corrected chi connectivity index (χ4v) is 0. The summed E-state index contributed by atoms with van der Waals surface area (Å²) in [5, 5.41) is 0. The maximum atomic E-state index is 8.88. The third kappa shape index (κ3) is 155. The molecule has 4 nitrogen and oxygen atoms in total. The zero-order valence-electron chi connectivity index (χ0n) is 4.28. The van der Waals surface area contributed by atoms with Gasteiger partial charge in [-0.15, -0.1) is 0 Å². The van der Waals surface area contributed by atoms with E-state index in [-0.39, 0.29) is 0 Å². The van der Waals surface area contributed by atoms with E-state index in [9.17, 15) is 0 Å². The summed E-state index contributed by atoms with van der Waals surface area (Å²) in [6.07, 6.45) is 0. The maximum absolute atomic E-state index is 8.88. The van der Waals surface area contributed by atoms with Gasteiger partial charge >= 0.3 is 50.5 Å². The molecular formula is CH5ClNaO4P. The first-order chi connectivity index (χ1) is 3.41. The molecule has 0 saturated carbocycles. The Morgan fingerprint density at radius 1 is 1.50 bits per heavy atom. The van der Waals surface area contributed by atoms with Crippen LogP contribution in [0.3, 0.4) is 0 Å². The fourth-order valence-electron chi connectivity index (χ4n) is 0. The molecule has 0 radical (unpaired) electrons. The van der Waals surface area contributed by atoms with Crippen molar-refractivity contribution in [2.75, 3.05) is 3.13 Å². The van der Waals surface area contributed by atoms with E-state index in [2.05, 4.69) is 0 Å². The molecule has 0 atom stereocenters. The van der Waals surface area contributed by atoms with Crippen LogP contribution in [0.4, 0.5) is 0 Å². The van der Waals surface area contributed by atoms with Crippen LogP contribution < -0.4 is 0 Å². The number of phosphoric acid groups is 1. The molecule has 0 aromatic rings. The molecule has 0 saturated heterocycles. The van der Waals surface area contributed by atoms with Crippen molar-refractivity contribution in [1.29, 1.82) is 0 Å². The molecule has 3 N–H and O–H groups in total. The standard InChI is InChI=1S/CH2Cl.Na.H3O4P/c1-2;;1-5(2,3)4/h1H2;;(H3,1,2,3,4). The van der Waals surface area contributed by atoms with E-state index in [1.54, 1.807) is 0 Å². The van der Waals surface area contributed by atoms with Crippen LogP contribution >= 0.6 is 19.4 Å². The predicted octanol–water partition coefficient (Wildman–Crippen LogP) is -0.577. The number of hydrogen-bond donors (Lipinski definition) is 3. The minimum absolute atomic E-state index is 0.861. The van der Waals surface area contributed by atoms with Crippen LogP contribution in [0, 0.1) is 0 Å². The molecule has 0 unspecified atom stereocenters. The van der Waals surface area contributed by atoms with Crippen molar-refractivity contribution >= 4 is 47.4 Å². The molecule has 0 aliphatic rings. The number of alkyl halides is 1. The summed E-state index contributed by atoms with van der Waals surface area (Å²) in [7, 11) is -4.64. The van der Waals surface area contributed by atoms with E-state index in [1.807, 2.05) is 0 Å². The summed E-state index contributed by atoms with van der Waals surface area (Å²) in [6, 6.07) is 0. The van der Waals surface area contributed by atoms with Crippen LogP contribution in [0.2, 0.25) is 0 Å². The van der Waals surface area contributed by atoms with Gasteiger partial charge in [-0.05, 0) is 0 Å². The summed E-state index contributed by atoms with van der Waals surface area (Å²) in [5.41, 5.74) is 0. The van der Waals surface area contributed by atoms with E-state index in [4.69, 9.17) is 30.8 Å². The Bertz CT molecular complexity index is 71.8. The van der Waals surface area contributed by atoms with Gasteiger partial charge in [0.15, 0.2) is 0 Å². The number of rotatable bonds is 0. The van der Waals surface area contributed by atoms with Crippen molar-refractivity contribution in [2.24, 2.45) is 0 Å². The summed E-state index contributed by atoms with van der Waals surface area (Å²) in [6.45, 7) is 0. The molecule has 7 heteroatoms. The Balaban J connectivity index is 0. The van der Waals surface area contributed by atoms with Crippen molar-refractivity contribution < 1.29 is 19.2 Å². The molecule has 0 rings (SSSR count). The third-order valence-corrected chi connectivity index (χ3v) is 0. The Hall–Kier alpha value is 1.40. The van der Waals surface area contributed by atoms with Crippen LogP contribution in [-0.2, 0) is 4.57 Å². The average molecular weight is 170 g/mol. The predicted molar refractivity (Wildman–Crippen MR) is 30.7 cm³/mol. The molecule has 0 fully saturated rings. The molecule has 0 spiro atoms. The van der Waals surface area contributed by atoms with Crippen molar-refractivity contribution in [3.05, 3.63) is 0 Å². The van der Waals surface area contributed by atoms with Gasteiger partial charge in [0.1, 0.15) is 0 Å². The van der Waals surface area contributed by atoms with Crippen molar-refractivity contribution in [2.45, 2.75) is 0 Å². The van der Waals surface area contributed by atoms with Gasteiger partial charge in [0.2, 0.25) is 0 Å². The average Bonchev–Trinajstić information content (AvgIpc) is 1.27. The summed E-state index contributed by atoms with van der Waals surface area (Å²) < 4.78 is 9.74. The SMILES string of the molecule is O=P(O)(O)O.[Na][CH2]Cl. The van der Waals surface area contributed by atoms with Crippen molar-refractivity contribution in [1.82, 2.24) is 0 Å². The van der Waals surface area contributed by atoms with E-state index >= 15 is 0 Å². The molecule has 0 aromatic heterocycles. The van der Waals surface area contributed by atoms with Gasteiger partial charge in [0, 0.05) is 0 Å². The Kier molecular flexibility index (Phi) is 9.87. The van der Waals surface area contributed by atoms with Gasteiger partial charge in [-0.25, -0.2) is 4.57 Å². The Morgan fingerprint density at radius 2 is 1.50 bits per heavy atom. The van der Waals surface area contributed by atoms with Gasteiger partial charge in [-0.1, -0.05) is 0 Å². The quantitative estimate of drug-likeness (QED) is 0.258. The molecule has 46 valence electrons. The van der Waals surface area contributed by atoms with E-state index in [0.717, 1.165) is 31.1 Å². The molecule has 0 aliphatic heterocycles. The molecule has 0 aliphatic carbocycles. The van der Waals surface area contributed by atoms with Crippen LogP contribution in [0.1, 0.15) is 0 Å². The molecule has 0 bridgehead atoms. The van der Waals surface area contributed by atoms with Gasteiger partial charge in [-0.3, -0.25) is 0 Å². The first kappa shape index (κ1) is 12.1. The molecule has 0 amide bonds. The second-order valence-corrected chi connectivity index (χ2v) is 3.95. The fraction of sp³-hybridized carbons (Fsp3) is 1.00. The molecule has 0 heterocycles. The topological polar surface area (TPSA) is 77.8 Å². The summed E-state index contributed by atoms with van der Waals surface area (Å²) in [4.78, 5) is 21.6. The minimum atomic E-state index is -4.64. The number of halogens is 1. The Labute approximate surface area is 69.5 Å². The van der Waals surface area contributed by atoms with Crippen LogP contribution in [0.25, 0.3) is 0 Å². The summed E-state index contributed by atoms with van der Waals surface area (Å²) >= 11 is 6.19. The zero-order chi connectivity index (χ0) is 7.21. The molecular weight excluding hydrogens is 165 g/mol. The normalized spacial score (nSPS) is 9.75. The zero-order valence-corrected chi connectivity index (χ0v) is 7.93. The van der Waals surface area contributed by atoms with Crippen molar-refractivity contribution in [3.8, 4) is 0 Å². The van der Waals surface area contributed by atoms with Gasteiger partial charge in [0.25, 0.3) is 0 Å². The van der Waals surface area contributed by atoms with Crippen LogP contribution in [0.15, 0.2) is 0 Å². The van der Waals surface area contributed by atoms with E-state index < -0.39 is 7.82 Å². The monoisotopic (exact) mass is 170 g/mol. The third-order valence-electron chi connectivity index (χ3n) is 0. The van der Waals surface area contributed by atoms with Gasteiger partial charge < -0.3 is 14.7 Å². The van der Waals surface area contributed by atoms with Crippen LogP contribution in [-0.4, -0.2) is 45.7 Å². The molecule has 0 aromatic carbocycles. The summed E-state index contributed by atoms with van der Waals surface area (Å²) in [5.74, 6) is 0. The van der Waals surface area contributed by atoms with Gasteiger partial charge in [-0.2, -0.15) is 0 Å². The van der Waals surface area contributed by atoms with E-state index in [1.165, 1.54) is 0 Å². The van der Waals surface area contributed by atoms with Gasteiger partial charge in [0.05, 0.1) is 0 Å². The Morgan fingerprint density at radius 3 is 1.50 bits per heavy atom. The first-order valence-corrected chi connectivity index (χ1v) is 5.27. The number of hydrogen-bond acceptors (Lipinski definition) is 1. The first-order valence-electron chi connectivity index (χ1n) is 1.76. The second kappa shape index (κ2) is 6.52. The molecule has 8 heavy (non-hydrogen) atoms. The van der Waals surface area contributed by atoms with Crippen LogP contribution in [0.5, 0.6) is 0 Å². The van der Waals surface area contributed by atoms with Crippen molar-refractivity contribution in [3.63, 3.8) is 0 Å².